The molecular formula is C13H9Cl3FN3O2. The van der Waals surface area contributed by atoms with E-state index >= 15 is 0 Å². The number of hydrogen-bond donors (Lipinski definition) is 1. The van der Waals surface area contributed by atoms with Crippen molar-refractivity contribution in [2.24, 2.45) is 0 Å². The Morgan fingerprint density at radius 2 is 1.86 bits per heavy atom. The van der Waals surface area contributed by atoms with Gasteiger partial charge in [0.2, 0.25) is 3.79 Å². The highest BCUT2D eigenvalue weighted by Crippen LogP contribution is 2.36. The van der Waals surface area contributed by atoms with Crippen LogP contribution in [0.25, 0.3) is 0 Å². The van der Waals surface area contributed by atoms with Crippen molar-refractivity contribution in [3.05, 3.63) is 64.6 Å². The van der Waals surface area contributed by atoms with Gasteiger partial charge in [-0.2, -0.15) is 0 Å². The number of carbonyl (C=O) groups excluding carboxylic acids is 1. The first kappa shape index (κ1) is 16.7. The third-order valence-electron chi connectivity index (χ3n) is 2.71. The lowest BCUT2D eigenvalue weighted by Crippen LogP contribution is -2.44. The molecule has 1 unspecified atom stereocenters. The van der Waals surface area contributed by atoms with Crippen LogP contribution < -0.4 is 10.9 Å². The van der Waals surface area contributed by atoms with Gasteiger partial charge in [-0.15, -0.1) is 0 Å². The number of halogens is 4. The van der Waals surface area contributed by atoms with Crippen molar-refractivity contribution in [2.75, 3.05) is 0 Å². The first-order valence-electron chi connectivity index (χ1n) is 5.94. The Balaban J connectivity index is 2.32. The minimum Gasteiger partial charge on any atom is -0.328 e. The maximum absolute atomic E-state index is 12.9. The number of aromatic nitrogens is 2. The predicted molar refractivity (Wildman–Crippen MR) is 81.7 cm³/mol. The van der Waals surface area contributed by atoms with Crippen molar-refractivity contribution in [1.82, 2.24) is 14.9 Å². The van der Waals surface area contributed by atoms with Gasteiger partial charge in [-0.25, -0.2) is 9.37 Å². The number of alkyl halides is 3. The van der Waals surface area contributed by atoms with Crippen LogP contribution in [0.3, 0.4) is 0 Å². The fourth-order valence-electron chi connectivity index (χ4n) is 1.67. The monoisotopic (exact) mass is 363 g/mol. The largest absolute Gasteiger partial charge is 0.328 e. The summed E-state index contributed by atoms with van der Waals surface area (Å²) in [6.45, 7) is 0. The molecule has 0 aliphatic rings. The van der Waals surface area contributed by atoms with E-state index in [-0.39, 0.29) is 5.56 Å². The lowest BCUT2D eigenvalue weighted by molar-refractivity contribution is 0.0919. The molecule has 1 heterocycles. The van der Waals surface area contributed by atoms with E-state index in [2.05, 4.69) is 10.3 Å². The molecular weight excluding hydrogens is 356 g/mol. The van der Waals surface area contributed by atoms with Crippen LogP contribution in [0, 0.1) is 5.82 Å². The minimum absolute atomic E-state index is 0.151. The van der Waals surface area contributed by atoms with E-state index in [9.17, 15) is 14.0 Å². The summed E-state index contributed by atoms with van der Waals surface area (Å²) in [5.74, 6) is -1.12. The summed E-state index contributed by atoms with van der Waals surface area (Å²) in [5.41, 5.74) is -0.358. The lowest BCUT2D eigenvalue weighted by Gasteiger charge is -2.26. The summed E-state index contributed by atoms with van der Waals surface area (Å²) in [7, 11) is 0. The van der Waals surface area contributed by atoms with Crippen LogP contribution in [-0.2, 0) is 0 Å². The Bertz CT molecular complexity index is 728. The molecule has 0 aliphatic carbocycles. The topological polar surface area (TPSA) is 64.0 Å². The zero-order chi connectivity index (χ0) is 16.3. The molecule has 1 N–H and O–H groups in total. The van der Waals surface area contributed by atoms with E-state index in [1.54, 1.807) is 0 Å². The van der Waals surface area contributed by atoms with Crippen molar-refractivity contribution >= 4 is 40.7 Å². The molecule has 0 saturated heterocycles. The first-order chi connectivity index (χ1) is 10.3. The molecule has 1 aromatic carbocycles. The van der Waals surface area contributed by atoms with Crippen LogP contribution in [0.2, 0.25) is 0 Å². The molecule has 0 spiro atoms. The second kappa shape index (κ2) is 6.64. The maximum Gasteiger partial charge on any atom is 0.255 e. The van der Waals surface area contributed by atoms with Gasteiger partial charge >= 0.3 is 0 Å². The Hall–Kier alpha value is -1.63. The molecule has 2 rings (SSSR count). The van der Waals surface area contributed by atoms with Gasteiger partial charge in [-0.1, -0.05) is 34.8 Å². The van der Waals surface area contributed by atoms with Crippen molar-refractivity contribution < 1.29 is 9.18 Å². The second-order valence-electron chi connectivity index (χ2n) is 4.25. The van der Waals surface area contributed by atoms with Crippen LogP contribution in [0.1, 0.15) is 16.5 Å². The smallest absolute Gasteiger partial charge is 0.255 e. The van der Waals surface area contributed by atoms with Crippen molar-refractivity contribution in [1.29, 1.82) is 0 Å². The van der Waals surface area contributed by atoms with Crippen LogP contribution in [0.5, 0.6) is 0 Å². The quantitative estimate of drug-likeness (QED) is 0.852. The van der Waals surface area contributed by atoms with Crippen molar-refractivity contribution in [2.45, 2.75) is 9.96 Å². The Labute approximate surface area is 139 Å². The number of hydrogen-bond acceptors (Lipinski definition) is 3. The first-order valence-corrected chi connectivity index (χ1v) is 7.08. The molecule has 2 aromatic rings. The summed E-state index contributed by atoms with van der Waals surface area (Å²) in [6, 6.07) is 5.94. The molecule has 0 radical (unpaired) electrons. The zero-order valence-electron chi connectivity index (χ0n) is 10.8. The molecule has 0 aliphatic heterocycles. The Morgan fingerprint density at radius 3 is 2.41 bits per heavy atom. The summed E-state index contributed by atoms with van der Waals surface area (Å²) in [6.07, 6.45) is 1.13. The van der Waals surface area contributed by atoms with Crippen LogP contribution in [-0.4, -0.2) is 19.3 Å². The third kappa shape index (κ3) is 3.97. The van der Waals surface area contributed by atoms with E-state index in [1.165, 1.54) is 18.3 Å². The highest BCUT2D eigenvalue weighted by molar-refractivity contribution is 6.67. The van der Waals surface area contributed by atoms with E-state index in [4.69, 9.17) is 34.8 Å². The van der Waals surface area contributed by atoms with Crippen LogP contribution >= 0.6 is 34.8 Å². The molecule has 116 valence electrons. The highest BCUT2D eigenvalue weighted by atomic mass is 35.6. The number of amides is 1. The molecule has 1 aromatic heterocycles. The number of benzene rings is 1. The third-order valence-corrected chi connectivity index (χ3v) is 3.33. The van der Waals surface area contributed by atoms with Gasteiger partial charge in [-0.05, 0) is 24.3 Å². The normalized spacial score (nSPS) is 12.7. The van der Waals surface area contributed by atoms with Gasteiger partial charge in [0.05, 0.1) is 6.33 Å². The highest BCUT2D eigenvalue weighted by Gasteiger charge is 2.36. The lowest BCUT2D eigenvalue weighted by atomic mass is 10.2. The van der Waals surface area contributed by atoms with Crippen molar-refractivity contribution in [3.8, 4) is 0 Å². The van der Waals surface area contributed by atoms with Gasteiger partial charge < -0.3 is 5.32 Å². The van der Waals surface area contributed by atoms with Gasteiger partial charge in [0, 0.05) is 17.8 Å². The van der Waals surface area contributed by atoms with Gasteiger partial charge in [0.15, 0.2) is 6.17 Å². The molecule has 5 nitrogen and oxygen atoms in total. The standard InChI is InChI=1S/C13H9Cl3FN3O2/c14-13(15,16)12(20-7-18-6-5-10(20)21)19-11(22)8-1-3-9(17)4-2-8/h1-7,12H,(H,19,22). The maximum atomic E-state index is 12.9. The molecule has 22 heavy (non-hydrogen) atoms. The van der Waals surface area contributed by atoms with Crippen molar-refractivity contribution in [3.63, 3.8) is 0 Å². The second-order valence-corrected chi connectivity index (χ2v) is 6.62. The van der Waals surface area contributed by atoms with Gasteiger partial charge in [-0.3, -0.25) is 14.2 Å². The Kier molecular flexibility index (Phi) is 5.05. The summed E-state index contributed by atoms with van der Waals surface area (Å²) >= 11 is 17.5. The Morgan fingerprint density at radius 1 is 1.23 bits per heavy atom. The molecule has 0 bridgehead atoms. The van der Waals surface area contributed by atoms with E-state index in [1.807, 2.05) is 0 Å². The van der Waals surface area contributed by atoms with Gasteiger partial charge in [0.1, 0.15) is 5.82 Å². The molecule has 0 saturated carbocycles. The number of rotatable bonds is 3. The van der Waals surface area contributed by atoms with E-state index in [0.717, 1.165) is 29.1 Å². The zero-order valence-corrected chi connectivity index (χ0v) is 13.1. The van der Waals surface area contributed by atoms with E-state index < -0.39 is 27.2 Å². The molecule has 1 amide bonds. The van der Waals surface area contributed by atoms with E-state index in [0.29, 0.717) is 0 Å². The minimum atomic E-state index is -2.00. The average Bonchev–Trinajstić information content (AvgIpc) is 2.45. The van der Waals surface area contributed by atoms with Crippen LogP contribution in [0.4, 0.5) is 4.39 Å². The summed E-state index contributed by atoms with van der Waals surface area (Å²) < 4.78 is 11.9. The molecule has 0 fully saturated rings. The SMILES string of the molecule is O=C(NC(n1cnccc1=O)C(Cl)(Cl)Cl)c1ccc(F)cc1. The average molecular weight is 365 g/mol. The van der Waals surface area contributed by atoms with Gasteiger partial charge in [0.25, 0.3) is 11.5 Å². The summed E-state index contributed by atoms with van der Waals surface area (Å²) in [4.78, 5) is 27.7. The fourth-order valence-corrected chi connectivity index (χ4v) is 2.15. The fraction of sp³-hybridized carbons (Fsp3) is 0.154. The number of nitrogens with one attached hydrogen (secondary N) is 1. The predicted octanol–water partition coefficient (Wildman–Crippen LogP) is 2.68. The molecule has 1 atom stereocenters. The molecule has 9 heteroatoms. The number of nitrogens with zero attached hydrogens (tertiary/aromatic N) is 2. The van der Waals surface area contributed by atoms with Crippen LogP contribution in [0.15, 0.2) is 47.7 Å². The number of carbonyl (C=O) groups is 1. The summed E-state index contributed by atoms with van der Waals surface area (Å²) in [5, 5.41) is 2.42.